The van der Waals surface area contributed by atoms with Crippen LogP contribution in [0.5, 0.6) is 5.75 Å². The van der Waals surface area contributed by atoms with Crippen molar-refractivity contribution in [2.75, 3.05) is 7.11 Å². The van der Waals surface area contributed by atoms with Crippen molar-refractivity contribution in [1.82, 2.24) is 0 Å². The molecule has 0 amide bonds. The molecular formula is C13H13BrFNOS. The maximum Gasteiger partial charge on any atom is 0.132 e. The molecule has 0 spiro atoms. The van der Waals surface area contributed by atoms with E-state index in [1.165, 1.54) is 13.2 Å². The second kappa shape index (κ2) is 5.38. The molecule has 96 valence electrons. The van der Waals surface area contributed by atoms with Crippen molar-refractivity contribution in [2.45, 2.75) is 13.0 Å². The summed E-state index contributed by atoms with van der Waals surface area (Å²) in [5, 5.41) is 0. The number of hydrogen-bond donors (Lipinski definition) is 1. The molecule has 1 heterocycles. The molecule has 0 aliphatic heterocycles. The normalized spacial score (nSPS) is 12.5. The van der Waals surface area contributed by atoms with Gasteiger partial charge < -0.3 is 10.5 Å². The molecule has 5 heteroatoms. The van der Waals surface area contributed by atoms with Gasteiger partial charge in [0.05, 0.1) is 18.7 Å². The van der Waals surface area contributed by atoms with E-state index in [9.17, 15) is 4.39 Å². The van der Waals surface area contributed by atoms with E-state index in [4.69, 9.17) is 10.5 Å². The molecule has 0 saturated carbocycles. The summed E-state index contributed by atoms with van der Waals surface area (Å²) in [4.78, 5) is 2.03. The largest absolute Gasteiger partial charge is 0.496 e. The molecule has 2 aromatic rings. The van der Waals surface area contributed by atoms with Gasteiger partial charge in [0.25, 0.3) is 0 Å². The van der Waals surface area contributed by atoms with Crippen LogP contribution < -0.4 is 10.5 Å². The van der Waals surface area contributed by atoms with Crippen LogP contribution in [0.2, 0.25) is 0 Å². The minimum absolute atomic E-state index is 0.347. The quantitative estimate of drug-likeness (QED) is 0.923. The fraction of sp³-hybridized carbons (Fsp3) is 0.231. The number of halogens is 2. The Balaban J connectivity index is 2.52. The van der Waals surface area contributed by atoms with E-state index < -0.39 is 6.04 Å². The number of aryl methyl sites for hydroxylation is 1. The van der Waals surface area contributed by atoms with Gasteiger partial charge in [-0.2, -0.15) is 0 Å². The predicted molar refractivity (Wildman–Crippen MR) is 75.7 cm³/mol. The van der Waals surface area contributed by atoms with Crippen molar-refractivity contribution in [3.8, 4) is 5.75 Å². The van der Waals surface area contributed by atoms with Crippen molar-refractivity contribution in [2.24, 2.45) is 5.73 Å². The summed E-state index contributed by atoms with van der Waals surface area (Å²) in [7, 11) is 1.51. The highest BCUT2D eigenvalue weighted by atomic mass is 79.9. The van der Waals surface area contributed by atoms with Gasteiger partial charge in [-0.25, -0.2) is 4.39 Å². The Morgan fingerprint density at radius 3 is 2.72 bits per heavy atom. The number of thiophene rings is 1. The molecule has 18 heavy (non-hydrogen) atoms. The van der Waals surface area contributed by atoms with Crippen LogP contribution in [0.25, 0.3) is 0 Å². The van der Waals surface area contributed by atoms with Crippen LogP contribution in [0, 0.1) is 12.7 Å². The molecule has 2 N–H and O–H groups in total. The van der Waals surface area contributed by atoms with Gasteiger partial charge in [-0.15, -0.1) is 11.3 Å². The van der Waals surface area contributed by atoms with E-state index >= 15 is 0 Å². The Morgan fingerprint density at radius 2 is 2.17 bits per heavy atom. The van der Waals surface area contributed by atoms with Crippen molar-refractivity contribution in [1.29, 1.82) is 0 Å². The molecule has 0 aliphatic rings. The lowest BCUT2D eigenvalue weighted by molar-refractivity contribution is 0.402. The summed E-state index contributed by atoms with van der Waals surface area (Å²) in [6.07, 6.45) is 0. The van der Waals surface area contributed by atoms with Gasteiger partial charge in [0.15, 0.2) is 0 Å². The van der Waals surface area contributed by atoms with Crippen LogP contribution in [0.15, 0.2) is 28.7 Å². The van der Waals surface area contributed by atoms with Crippen LogP contribution >= 0.6 is 27.3 Å². The average molecular weight is 330 g/mol. The number of nitrogens with two attached hydrogens (primary N) is 1. The van der Waals surface area contributed by atoms with E-state index in [1.54, 1.807) is 23.5 Å². The van der Waals surface area contributed by atoms with Gasteiger partial charge in [-0.3, -0.25) is 0 Å². The zero-order valence-electron chi connectivity index (χ0n) is 10.0. The van der Waals surface area contributed by atoms with E-state index in [0.717, 1.165) is 14.2 Å². The minimum atomic E-state index is -0.533. The standard InChI is InChI=1S/C13H13BrFNOS/c1-7-6-8(14)13(18-7)12(16)11-9(15)4-3-5-10(11)17-2/h3-6,12H,16H2,1-2H3. The molecule has 1 aromatic carbocycles. The lowest BCUT2D eigenvalue weighted by atomic mass is 10.0. The van der Waals surface area contributed by atoms with Gasteiger partial charge in [0.1, 0.15) is 11.6 Å². The Labute approximate surface area is 118 Å². The predicted octanol–water partition coefficient (Wildman–Crippen LogP) is 4.01. The average Bonchev–Trinajstić information content (AvgIpc) is 2.67. The number of rotatable bonds is 3. The van der Waals surface area contributed by atoms with Gasteiger partial charge in [-0.05, 0) is 41.1 Å². The Kier molecular flexibility index (Phi) is 4.04. The van der Waals surface area contributed by atoms with Gasteiger partial charge >= 0.3 is 0 Å². The molecule has 1 unspecified atom stereocenters. The van der Waals surface area contributed by atoms with Crippen LogP contribution in [0.1, 0.15) is 21.4 Å². The zero-order chi connectivity index (χ0) is 13.3. The van der Waals surface area contributed by atoms with E-state index in [0.29, 0.717) is 11.3 Å². The first kappa shape index (κ1) is 13.5. The third kappa shape index (κ3) is 2.43. The molecule has 2 rings (SSSR count). The molecule has 0 saturated heterocycles. The van der Waals surface area contributed by atoms with Gasteiger partial charge in [0, 0.05) is 14.2 Å². The van der Waals surface area contributed by atoms with Crippen LogP contribution in [0.4, 0.5) is 4.39 Å². The number of benzene rings is 1. The lowest BCUT2D eigenvalue weighted by Gasteiger charge is -2.15. The monoisotopic (exact) mass is 329 g/mol. The summed E-state index contributed by atoms with van der Waals surface area (Å²) in [5.41, 5.74) is 6.56. The van der Waals surface area contributed by atoms with Crippen molar-refractivity contribution < 1.29 is 9.13 Å². The Bertz CT molecular complexity index is 570. The van der Waals surface area contributed by atoms with Crippen molar-refractivity contribution >= 4 is 27.3 Å². The van der Waals surface area contributed by atoms with Crippen LogP contribution in [-0.4, -0.2) is 7.11 Å². The molecule has 0 bridgehead atoms. The lowest BCUT2D eigenvalue weighted by Crippen LogP contribution is -2.14. The Hall–Kier alpha value is -0.910. The number of ether oxygens (including phenoxy) is 1. The van der Waals surface area contributed by atoms with E-state index in [1.807, 2.05) is 13.0 Å². The van der Waals surface area contributed by atoms with E-state index in [-0.39, 0.29) is 5.82 Å². The van der Waals surface area contributed by atoms with Crippen LogP contribution in [0.3, 0.4) is 0 Å². The summed E-state index contributed by atoms with van der Waals surface area (Å²) >= 11 is 5.00. The number of methoxy groups -OCH3 is 1. The Morgan fingerprint density at radius 1 is 1.44 bits per heavy atom. The highest BCUT2D eigenvalue weighted by molar-refractivity contribution is 9.10. The smallest absolute Gasteiger partial charge is 0.132 e. The van der Waals surface area contributed by atoms with Crippen molar-refractivity contribution in [3.63, 3.8) is 0 Å². The maximum absolute atomic E-state index is 13.9. The zero-order valence-corrected chi connectivity index (χ0v) is 12.4. The van der Waals surface area contributed by atoms with Crippen LogP contribution in [-0.2, 0) is 0 Å². The SMILES string of the molecule is COc1cccc(F)c1C(N)c1sc(C)cc1Br. The fourth-order valence-corrected chi connectivity index (χ4v) is 3.75. The second-order valence-electron chi connectivity index (χ2n) is 3.90. The highest BCUT2D eigenvalue weighted by Crippen LogP contribution is 2.38. The third-order valence-corrected chi connectivity index (χ3v) is 4.71. The molecule has 0 radical (unpaired) electrons. The maximum atomic E-state index is 13.9. The van der Waals surface area contributed by atoms with Gasteiger partial charge in [-0.1, -0.05) is 6.07 Å². The summed E-state index contributed by atoms with van der Waals surface area (Å²) in [5.74, 6) is 0.125. The first-order valence-electron chi connectivity index (χ1n) is 5.38. The highest BCUT2D eigenvalue weighted by Gasteiger charge is 2.22. The third-order valence-electron chi connectivity index (χ3n) is 2.66. The summed E-state index contributed by atoms with van der Waals surface area (Å²) < 4.78 is 20.0. The minimum Gasteiger partial charge on any atom is -0.496 e. The topological polar surface area (TPSA) is 35.2 Å². The fourth-order valence-electron chi connectivity index (χ4n) is 1.84. The first-order chi connectivity index (χ1) is 8.54. The first-order valence-corrected chi connectivity index (χ1v) is 6.99. The molecular weight excluding hydrogens is 317 g/mol. The molecule has 0 fully saturated rings. The summed E-state index contributed by atoms with van der Waals surface area (Å²) in [6, 6.07) is 6.17. The second-order valence-corrected chi connectivity index (χ2v) is 6.04. The van der Waals surface area contributed by atoms with E-state index in [2.05, 4.69) is 15.9 Å². The molecule has 0 aliphatic carbocycles. The van der Waals surface area contributed by atoms with Crippen molar-refractivity contribution in [3.05, 3.63) is 49.9 Å². The molecule has 1 atom stereocenters. The molecule has 1 aromatic heterocycles. The summed E-state index contributed by atoms with van der Waals surface area (Å²) in [6.45, 7) is 1.99. The molecule has 2 nitrogen and oxygen atoms in total. The number of hydrogen-bond acceptors (Lipinski definition) is 3. The van der Waals surface area contributed by atoms with Gasteiger partial charge in [0.2, 0.25) is 0 Å².